The van der Waals surface area contributed by atoms with E-state index < -0.39 is 20.3 Å². The fourth-order valence-corrected chi connectivity index (χ4v) is 8.53. The summed E-state index contributed by atoms with van der Waals surface area (Å²) >= 11 is 0. The second kappa shape index (κ2) is 16.5. The van der Waals surface area contributed by atoms with Gasteiger partial charge in [-0.05, 0) is 85.6 Å². The fraction of sp³-hybridized carbons (Fsp3) is 0.545. The van der Waals surface area contributed by atoms with Gasteiger partial charge in [-0.15, -0.1) is 0 Å². The number of rotatable bonds is 17. The van der Waals surface area contributed by atoms with Gasteiger partial charge in [0.05, 0.1) is 30.9 Å². The van der Waals surface area contributed by atoms with Crippen molar-refractivity contribution in [1.82, 2.24) is 4.98 Å². The van der Waals surface area contributed by atoms with Crippen molar-refractivity contribution < 1.29 is 28.2 Å². The van der Waals surface area contributed by atoms with Crippen molar-refractivity contribution in [3.63, 3.8) is 0 Å². The fourth-order valence-electron chi connectivity index (χ4n) is 5.29. The summed E-state index contributed by atoms with van der Waals surface area (Å²) in [6.45, 7) is 13.8. The number of benzene rings is 1. The smallest absolute Gasteiger partial charge is 0.338 e. The summed E-state index contributed by atoms with van der Waals surface area (Å²) in [7, 11) is 0.825. The van der Waals surface area contributed by atoms with Gasteiger partial charge in [0.15, 0.2) is 8.32 Å². The maximum atomic E-state index is 12.2. The van der Waals surface area contributed by atoms with Gasteiger partial charge in [-0.2, -0.15) is 0 Å². The molecular weight excluding hydrogens is 534 g/mol. The molecule has 2 rings (SSSR count). The first-order chi connectivity index (χ1) is 19.7. The molecule has 0 unspecified atom stereocenters. The maximum absolute atomic E-state index is 12.2. The van der Waals surface area contributed by atoms with E-state index in [-0.39, 0.29) is 23.3 Å². The van der Waals surface area contributed by atoms with E-state index in [0.717, 1.165) is 61.4 Å². The van der Waals surface area contributed by atoms with Crippen molar-refractivity contribution in [3.05, 3.63) is 65.0 Å². The zero-order valence-electron chi connectivity index (χ0n) is 26.3. The largest absolute Gasteiger partial charge is 0.489 e. The van der Waals surface area contributed by atoms with E-state index in [1.807, 2.05) is 6.20 Å². The minimum atomic E-state index is -1.71. The number of allylic oxidation sites excluding steroid dienone is 2. The molecule has 0 amide bonds. The van der Waals surface area contributed by atoms with E-state index in [9.17, 15) is 9.59 Å². The Morgan fingerprint density at radius 2 is 1.51 bits per heavy atom. The first-order valence-electron chi connectivity index (χ1n) is 15.0. The molecule has 0 saturated carbocycles. The average Bonchev–Trinajstić information content (AvgIpc) is 3.03. The molecule has 41 heavy (non-hydrogen) atoms. The molecular formula is C33H49NO6Si. The van der Waals surface area contributed by atoms with Crippen molar-refractivity contribution in [2.24, 2.45) is 0 Å². The maximum Gasteiger partial charge on any atom is 0.338 e. The summed E-state index contributed by atoms with van der Waals surface area (Å²) in [5, 5.41) is 0. The Morgan fingerprint density at radius 1 is 0.878 bits per heavy atom. The monoisotopic (exact) mass is 583 g/mol. The van der Waals surface area contributed by atoms with E-state index in [0.29, 0.717) is 5.75 Å². The normalized spacial score (nSPS) is 12.2. The molecule has 0 atom stereocenters. The minimum Gasteiger partial charge on any atom is -0.489 e. The van der Waals surface area contributed by atoms with E-state index >= 15 is 0 Å². The number of aromatic nitrogens is 1. The lowest BCUT2D eigenvalue weighted by Crippen LogP contribution is -2.46. The third-order valence-electron chi connectivity index (χ3n) is 8.40. The highest BCUT2D eigenvalue weighted by Crippen LogP contribution is 2.36. The first-order valence-corrected chi connectivity index (χ1v) is 17.5. The van der Waals surface area contributed by atoms with Crippen LogP contribution in [-0.2, 0) is 20.5 Å². The van der Waals surface area contributed by atoms with Gasteiger partial charge in [-0.3, -0.25) is 4.98 Å². The highest BCUT2D eigenvalue weighted by Gasteiger charge is 2.38. The number of ether oxygens (including phenoxy) is 3. The Kier molecular flexibility index (Phi) is 13.7. The highest BCUT2D eigenvalue weighted by atomic mass is 28.4. The molecule has 0 saturated heterocycles. The van der Waals surface area contributed by atoms with Gasteiger partial charge < -0.3 is 18.6 Å². The Labute approximate surface area is 247 Å². The van der Waals surface area contributed by atoms with Crippen LogP contribution in [-0.4, -0.2) is 45.1 Å². The van der Waals surface area contributed by atoms with Gasteiger partial charge in [-0.25, -0.2) is 9.59 Å². The number of carbonyl (C=O) groups is 2. The van der Waals surface area contributed by atoms with Crippen LogP contribution in [0.4, 0.5) is 0 Å². The molecule has 7 nitrogen and oxygen atoms in total. The van der Waals surface area contributed by atoms with Crippen molar-refractivity contribution in [2.45, 2.75) is 104 Å². The van der Waals surface area contributed by atoms with Gasteiger partial charge in [0.25, 0.3) is 0 Å². The third kappa shape index (κ3) is 9.00. The standard InChI is InChI=1S/C33H49NO6Si/c1-9-26(16-15-19-33(10-2,11-3)40-41(12-4,13-5)14-6)27-20-25(22-34-23-27)24-39-28-17-18-29(31(35)37-7)30(21-28)32(36)38-8/h16-18,20-23H,9-15,19,24H2,1-8H3. The summed E-state index contributed by atoms with van der Waals surface area (Å²) in [6, 6.07) is 10.2. The van der Waals surface area contributed by atoms with E-state index in [1.165, 1.54) is 31.9 Å². The summed E-state index contributed by atoms with van der Waals surface area (Å²) in [4.78, 5) is 28.7. The number of hydrogen-bond donors (Lipinski definition) is 0. The van der Waals surface area contributed by atoms with Crippen LogP contribution in [0.25, 0.3) is 5.57 Å². The van der Waals surface area contributed by atoms with Crippen molar-refractivity contribution in [2.75, 3.05) is 14.2 Å². The molecule has 8 heteroatoms. The van der Waals surface area contributed by atoms with Crippen molar-refractivity contribution >= 4 is 25.8 Å². The van der Waals surface area contributed by atoms with Gasteiger partial charge in [-0.1, -0.05) is 47.6 Å². The van der Waals surface area contributed by atoms with Crippen LogP contribution in [0.5, 0.6) is 5.75 Å². The molecule has 0 aliphatic carbocycles. The second-order valence-corrected chi connectivity index (χ2v) is 15.1. The van der Waals surface area contributed by atoms with Gasteiger partial charge in [0.2, 0.25) is 0 Å². The van der Waals surface area contributed by atoms with Gasteiger partial charge in [0.1, 0.15) is 12.4 Å². The zero-order valence-corrected chi connectivity index (χ0v) is 27.3. The predicted octanol–water partition coefficient (Wildman–Crippen LogP) is 8.39. The summed E-state index contributed by atoms with van der Waals surface area (Å²) in [5.41, 5.74) is 3.38. The van der Waals surface area contributed by atoms with E-state index in [4.69, 9.17) is 18.6 Å². The molecule has 0 radical (unpaired) electrons. The van der Waals surface area contributed by atoms with Crippen LogP contribution >= 0.6 is 0 Å². The molecule has 1 aromatic carbocycles. The molecule has 1 heterocycles. The Balaban J connectivity index is 2.18. The van der Waals surface area contributed by atoms with Crippen LogP contribution in [0.15, 0.2) is 42.7 Å². The van der Waals surface area contributed by atoms with Crippen LogP contribution < -0.4 is 4.74 Å². The summed E-state index contributed by atoms with van der Waals surface area (Å²) in [6.07, 6.45) is 10.9. The topological polar surface area (TPSA) is 84.0 Å². The van der Waals surface area contributed by atoms with Crippen molar-refractivity contribution in [1.29, 1.82) is 0 Å². The molecule has 0 fully saturated rings. The molecule has 0 aliphatic heterocycles. The van der Waals surface area contributed by atoms with Crippen LogP contribution in [0.2, 0.25) is 18.1 Å². The SMILES string of the molecule is CCC(=CCCC(CC)(CC)O[Si](CC)(CC)CC)c1cncc(COc2ccc(C(=O)OC)c(C(=O)OC)c2)c1. The van der Waals surface area contributed by atoms with Gasteiger partial charge in [0, 0.05) is 18.0 Å². The molecule has 2 aromatic rings. The lowest BCUT2D eigenvalue weighted by atomic mass is 9.91. The van der Waals surface area contributed by atoms with Crippen LogP contribution in [0.1, 0.15) is 105 Å². The van der Waals surface area contributed by atoms with Gasteiger partial charge >= 0.3 is 11.9 Å². The Hall–Kier alpha value is -2.97. The van der Waals surface area contributed by atoms with Crippen LogP contribution in [0.3, 0.4) is 0 Å². The molecule has 0 N–H and O–H groups in total. The number of pyridine rings is 1. The number of nitrogens with zero attached hydrogens (tertiary/aromatic N) is 1. The first kappa shape index (κ1) is 34.2. The summed E-state index contributed by atoms with van der Waals surface area (Å²) in [5.74, 6) is -0.808. The minimum absolute atomic E-state index is 0.0655. The molecule has 0 bridgehead atoms. The number of esters is 2. The number of hydrogen-bond acceptors (Lipinski definition) is 7. The van der Waals surface area contributed by atoms with E-state index in [2.05, 4.69) is 58.7 Å². The predicted molar refractivity (Wildman–Crippen MR) is 167 cm³/mol. The lowest BCUT2D eigenvalue weighted by molar-refractivity contribution is 0.0397. The van der Waals surface area contributed by atoms with E-state index in [1.54, 1.807) is 12.3 Å². The number of carbonyl (C=O) groups excluding carboxylic acids is 2. The second-order valence-electron chi connectivity index (χ2n) is 10.4. The molecule has 0 aliphatic rings. The summed E-state index contributed by atoms with van der Waals surface area (Å²) < 4.78 is 22.6. The molecule has 0 spiro atoms. The Morgan fingerprint density at radius 3 is 2.07 bits per heavy atom. The van der Waals surface area contributed by atoms with Crippen molar-refractivity contribution in [3.8, 4) is 5.75 Å². The average molecular weight is 584 g/mol. The van der Waals surface area contributed by atoms with Crippen LogP contribution in [0, 0.1) is 0 Å². The Bertz CT molecular complexity index is 1160. The molecule has 1 aromatic heterocycles. The zero-order chi connectivity index (χ0) is 30.5. The number of methoxy groups -OCH3 is 2. The molecule has 226 valence electrons. The highest BCUT2D eigenvalue weighted by molar-refractivity contribution is 6.73. The lowest BCUT2D eigenvalue weighted by Gasteiger charge is -2.42. The third-order valence-corrected chi connectivity index (χ3v) is 13.1. The quantitative estimate of drug-likeness (QED) is 0.137.